The van der Waals surface area contributed by atoms with Crippen molar-refractivity contribution in [2.45, 2.75) is 6.92 Å². The van der Waals surface area contributed by atoms with Gasteiger partial charge in [-0.15, -0.1) is 10.2 Å². The number of benzene rings is 1. The Bertz CT molecular complexity index is 914. The second kappa shape index (κ2) is 5.28. The topological polar surface area (TPSA) is 140 Å². The average Bonchev–Trinajstić information content (AvgIpc) is 2.96. The Kier molecular flexibility index (Phi) is 3.30. The summed E-state index contributed by atoms with van der Waals surface area (Å²) in [4.78, 5) is 30.1. The van der Waals surface area contributed by atoms with Gasteiger partial charge in [0.2, 0.25) is 11.6 Å². The second-order valence-corrected chi connectivity index (χ2v) is 4.42. The van der Waals surface area contributed by atoms with Gasteiger partial charge in [0.15, 0.2) is 5.52 Å². The molecule has 22 heavy (non-hydrogen) atoms. The van der Waals surface area contributed by atoms with E-state index in [0.717, 1.165) is 0 Å². The summed E-state index contributed by atoms with van der Waals surface area (Å²) in [5, 5.41) is 9.87. The third-order valence-corrected chi connectivity index (χ3v) is 3.02. The molecule has 0 atom stereocenters. The van der Waals surface area contributed by atoms with Crippen LogP contribution in [0, 0.1) is 0 Å². The number of amides is 1. The number of aromatic amines is 2. The van der Waals surface area contributed by atoms with Crippen molar-refractivity contribution in [3.8, 4) is 17.1 Å². The van der Waals surface area contributed by atoms with Crippen LogP contribution >= 0.6 is 0 Å². The molecule has 9 nitrogen and oxygen atoms in total. The van der Waals surface area contributed by atoms with Gasteiger partial charge in [0.1, 0.15) is 11.6 Å². The maximum absolute atomic E-state index is 11.9. The zero-order valence-corrected chi connectivity index (χ0v) is 11.6. The molecule has 0 aliphatic rings. The molecule has 0 spiro atoms. The van der Waals surface area contributed by atoms with E-state index < -0.39 is 11.5 Å². The molecule has 0 aliphatic heterocycles. The molecule has 9 heteroatoms. The van der Waals surface area contributed by atoms with Crippen molar-refractivity contribution >= 4 is 17.1 Å². The number of primary amides is 1. The van der Waals surface area contributed by atoms with Crippen LogP contribution in [0.5, 0.6) is 5.75 Å². The molecule has 0 bridgehead atoms. The van der Waals surface area contributed by atoms with E-state index in [9.17, 15) is 9.59 Å². The molecule has 1 amide bonds. The van der Waals surface area contributed by atoms with Crippen LogP contribution in [0.4, 0.5) is 0 Å². The number of hydrogen-bond donors (Lipinski definition) is 3. The number of carbonyl (C=O) groups is 1. The number of fused-ring (bicyclic) bond motifs is 1. The van der Waals surface area contributed by atoms with Gasteiger partial charge in [0.05, 0.1) is 12.2 Å². The van der Waals surface area contributed by atoms with Crippen LogP contribution < -0.4 is 16.0 Å². The minimum Gasteiger partial charge on any atom is -0.493 e. The van der Waals surface area contributed by atoms with Crippen molar-refractivity contribution in [1.29, 1.82) is 0 Å². The molecule has 4 N–H and O–H groups in total. The Hall–Kier alpha value is -3.23. The summed E-state index contributed by atoms with van der Waals surface area (Å²) in [6.07, 6.45) is 0. The van der Waals surface area contributed by atoms with Gasteiger partial charge in [-0.3, -0.25) is 9.59 Å². The Labute approximate surface area is 123 Å². The Morgan fingerprint density at radius 2 is 2.18 bits per heavy atom. The summed E-state index contributed by atoms with van der Waals surface area (Å²) in [6, 6.07) is 4.65. The minimum atomic E-state index is -0.569. The lowest BCUT2D eigenvalue weighted by atomic mass is 10.1. The number of ether oxygens (including phenoxy) is 1. The number of nitrogens with one attached hydrogen (secondary N) is 2. The molecule has 0 saturated carbocycles. The van der Waals surface area contributed by atoms with E-state index in [0.29, 0.717) is 23.5 Å². The fourth-order valence-electron chi connectivity index (χ4n) is 2.03. The molecule has 0 aliphatic carbocycles. The molecule has 3 aromatic rings. The lowest BCUT2D eigenvalue weighted by Gasteiger charge is -2.10. The summed E-state index contributed by atoms with van der Waals surface area (Å²) < 4.78 is 5.50. The molecule has 1 aromatic carbocycles. The van der Waals surface area contributed by atoms with E-state index >= 15 is 0 Å². The molecule has 0 unspecified atom stereocenters. The molecular weight excluding hydrogens is 288 g/mol. The van der Waals surface area contributed by atoms with Crippen molar-refractivity contribution < 1.29 is 9.53 Å². The Morgan fingerprint density at radius 1 is 1.36 bits per heavy atom. The van der Waals surface area contributed by atoms with Crippen LogP contribution in [0.25, 0.3) is 22.6 Å². The molecule has 0 saturated heterocycles. The van der Waals surface area contributed by atoms with Crippen LogP contribution in [-0.4, -0.2) is 37.9 Å². The lowest BCUT2D eigenvalue weighted by Crippen LogP contribution is -2.12. The zero-order valence-electron chi connectivity index (χ0n) is 11.6. The van der Waals surface area contributed by atoms with Gasteiger partial charge in [0.25, 0.3) is 5.56 Å². The highest BCUT2D eigenvalue weighted by molar-refractivity contribution is 5.94. The number of nitrogens with zero attached hydrogens (tertiary/aromatic N) is 3. The van der Waals surface area contributed by atoms with Gasteiger partial charge in [-0.25, -0.2) is 4.98 Å². The maximum atomic E-state index is 11.9. The molecule has 112 valence electrons. The number of H-pyrrole nitrogens is 2. The highest BCUT2D eigenvalue weighted by atomic mass is 16.5. The monoisotopic (exact) mass is 300 g/mol. The highest BCUT2D eigenvalue weighted by Crippen LogP contribution is 2.28. The van der Waals surface area contributed by atoms with Crippen LogP contribution in [-0.2, 0) is 0 Å². The standard InChI is InChI=1S/C13H12N6O3/c1-2-22-8-5-6(10(14)20)3-4-7(8)11-15-12-9(13(21)16-11)17-19-18-12/h3-5H,2H2,1H3,(H2,14,20)(H2,15,16,17,18,19,21). The van der Waals surface area contributed by atoms with Crippen molar-refractivity contribution in [1.82, 2.24) is 25.4 Å². The molecule has 0 radical (unpaired) electrons. The predicted molar refractivity (Wildman–Crippen MR) is 77.4 cm³/mol. The SMILES string of the molecule is CCOc1cc(C(N)=O)ccc1-c1nc2n[nH]nc2c(=O)[nH]1. The number of rotatable bonds is 4. The van der Waals surface area contributed by atoms with Crippen molar-refractivity contribution in [2.24, 2.45) is 5.73 Å². The van der Waals surface area contributed by atoms with Gasteiger partial charge in [-0.2, -0.15) is 5.21 Å². The Balaban J connectivity index is 2.20. The first-order valence-corrected chi connectivity index (χ1v) is 6.48. The summed E-state index contributed by atoms with van der Waals surface area (Å²) in [5.74, 6) is 0.0941. The van der Waals surface area contributed by atoms with E-state index in [2.05, 4.69) is 25.4 Å². The number of aromatic nitrogens is 5. The fourth-order valence-corrected chi connectivity index (χ4v) is 2.03. The Morgan fingerprint density at radius 3 is 2.91 bits per heavy atom. The molecule has 0 fully saturated rings. The molecule has 2 aromatic heterocycles. The lowest BCUT2D eigenvalue weighted by molar-refractivity contribution is 0.1000. The van der Waals surface area contributed by atoms with E-state index in [1.165, 1.54) is 12.1 Å². The summed E-state index contributed by atoms with van der Waals surface area (Å²) in [6.45, 7) is 2.18. The molecular formula is C13H12N6O3. The van der Waals surface area contributed by atoms with Gasteiger partial charge >= 0.3 is 0 Å². The van der Waals surface area contributed by atoms with Crippen molar-refractivity contribution in [3.63, 3.8) is 0 Å². The largest absolute Gasteiger partial charge is 0.493 e. The molecule has 3 rings (SSSR count). The normalized spacial score (nSPS) is 10.8. The number of hydrogen-bond acceptors (Lipinski definition) is 6. The van der Waals surface area contributed by atoms with Crippen LogP contribution in [0.3, 0.4) is 0 Å². The van der Waals surface area contributed by atoms with E-state index in [-0.39, 0.29) is 17.0 Å². The quantitative estimate of drug-likeness (QED) is 0.629. The minimum absolute atomic E-state index is 0.121. The molecule has 2 heterocycles. The second-order valence-electron chi connectivity index (χ2n) is 4.42. The fraction of sp³-hybridized carbons (Fsp3) is 0.154. The number of carbonyl (C=O) groups excluding carboxylic acids is 1. The first-order chi connectivity index (χ1) is 10.6. The third-order valence-electron chi connectivity index (χ3n) is 3.02. The van der Waals surface area contributed by atoms with E-state index in [1.54, 1.807) is 13.0 Å². The summed E-state index contributed by atoms with van der Waals surface area (Å²) >= 11 is 0. The van der Waals surface area contributed by atoms with Crippen LogP contribution in [0.15, 0.2) is 23.0 Å². The van der Waals surface area contributed by atoms with Gasteiger partial charge < -0.3 is 15.5 Å². The average molecular weight is 300 g/mol. The first kappa shape index (κ1) is 13.7. The van der Waals surface area contributed by atoms with E-state index in [4.69, 9.17) is 10.5 Å². The van der Waals surface area contributed by atoms with E-state index in [1.807, 2.05) is 0 Å². The van der Waals surface area contributed by atoms with Crippen molar-refractivity contribution in [2.75, 3.05) is 6.61 Å². The summed E-state index contributed by atoms with van der Waals surface area (Å²) in [5.41, 5.74) is 5.98. The third kappa shape index (κ3) is 2.28. The maximum Gasteiger partial charge on any atom is 0.281 e. The van der Waals surface area contributed by atoms with Crippen LogP contribution in [0.1, 0.15) is 17.3 Å². The predicted octanol–water partition coefficient (Wildman–Crippen LogP) is 0.206. The number of nitrogens with two attached hydrogens (primary N) is 1. The first-order valence-electron chi connectivity index (χ1n) is 6.48. The van der Waals surface area contributed by atoms with Gasteiger partial charge in [-0.1, -0.05) is 0 Å². The van der Waals surface area contributed by atoms with Gasteiger partial charge in [0, 0.05) is 5.56 Å². The highest BCUT2D eigenvalue weighted by Gasteiger charge is 2.15. The van der Waals surface area contributed by atoms with Crippen LogP contribution in [0.2, 0.25) is 0 Å². The smallest absolute Gasteiger partial charge is 0.281 e. The van der Waals surface area contributed by atoms with Crippen molar-refractivity contribution in [3.05, 3.63) is 34.1 Å². The van der Waals surface area contributed by atoms with Gasteiger partial charge in [-0.05, 0) is 25.1 Å². The summed E-state index contributed by atoms with van der Waals surface area (Å²) in [7, 11) is 0. The zero-order chi connectivity index (χ0) is 15.7.